The van der Waals surface area contributed by atoms with Crippen LogP contribution in [-0.4, -0.2) is 124 Å². The van der Waals surface area contributed by atoms with Gasteiger partial charge in [-0.1, -0.05) is 31.8 Å². The largest absolute Gasteiger partial charge is 0.359 e. The Kier molecular flexibility index (Phi) is 15.8. The number of nitrogens with one attached hydrogen (secondary N) is 4. The third-order valence-electron chi connectivity index (χ3n) is 14.3. The van der Waals surface area contributed by atoms with Crippen molar-refractivity contribution >= 4 is 61.1 Å². The molecule has 4 heterocycles. The summed E-state index contributed by atoms with van der Waals surface area (Å²) in [6.45, 7) is 11.1. The number of aromatic nitrogens is 6. The van der Waals surface area contributed by atoms with Crippen molar-refractivity contribution < 1.29 is 21.6 Å². The highest BCUT2D eigenvalue weighted by atomic mass is 35.7. The van der Waals surface area contributed by atoms with E-state index in [9.17, 15) is 16.8 Å². The fourth-order valence-corrected chi connectivity index (χ4v) is 12.8. The molecule has 67 heavy (non-hydrogen) atoms. The SMILES string of the molecule is CN1CCCC1CN.CN1CCCC1CNS(=O)(=O)c1nc(Nc2c3c(cc4c2CCC4)CCC3)n[nH]1.C[Si](C)(C)CCOCn1nc(S(=O)(=O)Cl)nc1Nc1c2c(cc3c1CCC3)CCC2. The number of sulfonamides is 1. The number of anilines is 4. The predicted octanol–water partition coefficient (Wildman–Crippen LogP) is 6.18. The first-order valence-electron chi connectivity index (χ1n) is 24.3. The Balaban J connectivity index is 0.000000156. The number of likely N-dealkylation sites (tertiary alicyclic amines) is 2. The number of aromatic amines is 1. The molecule has 6 N–H and O–H groups in total. The van der Waals surface area contributed by atoms with Crippen molar-refractivity contribution in [1.29, 1.82) is 0 Å². The minimum absolute atomic E-state index is 0.128. The van der Waals surface area contributed by atoms with Crippen molar-refractivity contribution in [3.63, 3.8) is 0 Å². The molecule has 4 aliphatic carbocycles. The van der Waals surface area contributed by atoms with Crippen molar-refractivity contribution in [2.75, 3.05) is 57.5 Å². The van der Waals surface area contributed by atoms with E-state index in [0.29, 0.717) is 31.1 Å². The van der Waals surface area contributed by atoms with Crippen LogP contribution in [0.4, 0.5) is 23.3 Å². The quantitative estimate of drug-likeness (QED) is 0.0511. The summed E-state index contributed by atoms with van der Waals surface area (Å²) in [5, 5.41) is 17.1. The first-order valence-corrected chi connectivity index (χ1v) is 31.8. The first-order chi connectivity index (χ1) is 32.0. The van der Waals surface area contributed by atoms with Crippen LogP contribution in [0.25, 0.3) is 0 Å². The Morgan fingerprint density at radius 1 is 0.761 bits per heavy atom. The summed E-state index contributed by atoms with van der Waals surface area (Å²) >= 11 is 0. The lowest BCUT2D eigenvalue weighted by Gasteiger charge is -2.19. The maximum atomic E-state index is 12.6. The van der Waals surface area contributed by atoms with Crippen LogP contribution in [0.2, 0.25) is 25.7 Å². The van der Waals surface area contributed by atoms with Gasteiger partial charge in [-0.25, -0.2) is 31.3 Å². The standard InChI is InChI=1S/C20H29ClN4O3SSi.C20H28N6O2S.C6H14N2/c1-30(2,3)11-10-28-13-25-19(23-20(24-25)29(21,26)27)22-18-16-8-4-6-14(16)12-15-7-5-9-17(15)18;1-26-10-4-7-15(26)12-21-29(27,28)20-23-19(24-25-20)22-18-16-8-2-5-13(16)11-14-6-3-9-17(14)18;1-8-4-2-3-6(8)5-7/h12H,4-11,13H2,1-3H3,(H,22,23,24);11,15,21H,2-10,12H2,1H3,(H2,22,23,24,25);6H,2-5,7H2,1H3. The van der Waals surface area contributed by atoms with Crippen molar-refractivity contribution in [3.05, 3.63) is 56.6 Å². The van der Waals surface area contributed by atoms with Gasteiger partial charge >= 0.3 is 0 Å². The zero-order valence-electron chi connectivity index (χ0n) is 40.0. The van der Waals surface area contributed by atoms with Crippen molar-refractivity contribution in [2.45, 2.75) is 158 Å². The highest BCUT2D eigenvalue weighted by Gasteiger charge is 2.30. The van der Waals surface area contributed by atoms with Gasteiger partial charge in [0, 0.05) is 61.9 Å². The molecule has 0 saturated carbocycles. The average molecular weight is 1000 g/mol. The lowest BCUT2D eigenvalue weighted by atomic mass is 9.99. The highest BCUT2D eigenvalue weighted by Crippen LogP contribution is 2.41. The second-order valence-corrected chi connectivity index (χ2v) is 30.1. The van der Waals surface area contributed by atoms with Crippen molar-refractivity contribution in [2.24, 2.45) is 5.73 Å². The predicted molar refractivity (Wildman–Crippen MR) is 267 cm³/mol. The molecule has 0 bridgehead atoms. The van der Waals surface area contributed by atoms with Crippen LogP contribution < -0.4 is 21.1 Å². The van der Waals surface area contributed by atoms with Gasteiger partial charge < -0.3 is 30.9 Å². The number of H-pyrrole nitrogens is 1. The normalized spacial score (nSPS) is 20.2. The number of nitrogens with two attached hydrogens (primary N) is 1. The monoisotopic (exact) mass is 998 g/mol. The van der Waals surface area contributed by atoms with Gasteiger partial charge in [-0.05, 0) is 180 Å². The van der Waals surface area contributed by atoms with Crippen molar-refractivity contribution in [1.82, 2.24) is 44.5 Å². The molecule has 10 rings (SSSR count). The first kappa shape index (κ1) is 49.9. The number of hydrogen-bond donors (Lipinski definition) is 5. The van der Waals surface area contributed by atoms with E-state index < -0.39 is 32.3 Å². The second kappa shape index (κ2) is 21.3. The fourth-order valence-electron chi connectivity index (χ4n) is 10.5. The van der Waals surface area contributed by atoms with Crippen LogP contribution in [-0.2, 0) is 81.9 Å². The van der Waals surface area contributed by atoms with E-state index in [0.717, 1.165) is 108 Å². The summed E-state index contributed by atoms with van der Waals surface area (Å²) in [4.78, 5) is 13.0. The Bertz CT molecular complexity index is 2550. The lowest BCUT2D eigenvalue weighted by Crippen LogP contribution is -2.38. The smallest absolute Gasteiger partial charge is 0.298 e. The van der Waals surface area contributed by atoms with Gasteiger partial charge in [-0.15, -0.1) is 10.2 Å². The van der Waals surface area contributed by atoms with Gasteiger partial charge in [0.05, 0.1) is 0 Å². The van der Waals surface area contributed by atoms with Gasteiger partial charge in [0.15, 0.2) is 0 Å². The number of fused-ring (bicyclic) bond motifs is 4. The van der Waals surface area contributed by atoms with Gasteiger partial charge in [0.1, 0.15) is 6.73 Å². The molecule has 2 aromatic heterocycles. The highest BCUT2D eigenvalue weighted by molar-refractivity contribution is 8.13. The number of ether oxygens (including phenoxy) is 1. The van der Waals surface area contributed by atoms with E-state index in [2.05, 4.69) is 89.2 Å². The summed E-state index contributed by atoms with van der Waals surface area (Å²) in [6, 6.07) is 6.66. The van der Waals surface area contributed by atoms with E-state index in [1.165, 1.54) is 81.4 Å². The molecule has 2 fully saturated rings. The zero-order valence-corrected chi connectivity index (χ0v) is 43.4. The molecular formula is C46H71ClN12O5S2Si. The molecule has 2 unspecified atom stereocenters. The van der Waals surface area contributed by atoms with Crippen LogP contribution in [0.1, 0.15) is 95.9 Å². The number of aryl methyl sites for hydroxylation is 4. The Labute approximate surface area is 402 Å². The van der Waals surface area contributed by atoms with Crippen LogP contribution in [0.3, 0.4) is 0 Å². The molecule has 17 nitrogen and oxygen atoms in total. The fraction of sp³-hybridized carbons (Fsp3) is 0.652. The zero-order chi connectivity index (χ0) is 47.5. The molecular weight excluding hydrogens is 928 g/mol. The summed E-state index contributed by atoms with van der Waals surface area (Å²) < 4.78 is 58.9. The summed E-state index contributed by atoms with van der Waals surface area (Å²) in [7, 11) is 0.731. The van der Waals surface area contributed by atoms with E-state index in [4.69, 9.17) is 21.2 Å². The Morgan fingerprint density at radius 2 is 1.28 bits per heavy atom. The maximum Gasteiger partial charge on any atom is 0.298 e. The number of nitrogens with zero attached hydrogens (tertiary/aromatic N) is 7. The Hall–Kier alpha value is -3.47. The topological polar surface area (TPSA) is 218 Å². The van der Waals surface area contributed by atoms with Gasteiger partial charge in [0.2, 0.25) is 11.9 Å². The molecule has 0 amide bonds. The number of rotatable bonds is 15. The molecule has 2 atom stereocenters. The molecule has 2 saturated heterocycles. The Morgan fingerprint density at radius 3 is 1.75 bits per heavy atom. The van der Waals surface area contributed by atoms with Gasteiger partial charge in [-0.2, -0.15) is 9.97 Å². The maximum absolute atomic E-state index is 12.6. The third kappa shape index (κ3) is 12.1. The molecule has 21 heteroatoms. The summed E-state index contributed by atoms with van der Waals surface area (Å²) in [6.07, 6.45) is 17.9. The van der Waals surface area contributed by atoms with Crippen LogP contribution in [0.15, 0.2) is 22.4 Å². The molecule has 368 valence electrons. The average Bonchev–Trinajstić information content (AvgIpc) is 4.12. The van der Waals surface area contributed by atoms with Gasteiger partial charge in [0.25, 0.3) is 29.4 Å². The van der Waals surface area contributed by atoms with Crippen LogP contribution in [0, 0.1) is 0 Å². The number of hydrogen-bond acceptors (Lipinski definition) is 14. The number of likely N-dealkylation sites (N-methyl/N-ethyl adjacent to an activating group) is 2. The van der Waals surface area contributed by atoms with E-state index in [1.54, 1.807) is 0 Å². The second-order valence-electron chi connectivity index (χ2n) is 20.3. The van der Waals surface area contributed by atoms with Crippen molar-refractivity contribution in [3.8, 4) is 0 Å². The molecule has 0 radical (unpaired) electrons. The molecule has 4 aromatic rings. The molecule has 6 aliphatic rings. The summed E-state index contributed by atoms with van der Waals surface area (Å²) in [5.41, 5.74) is 18.6. The third-order valence-corrected chi connectivity index (χ3v) is 18.3. The lowest BCUT2D eigenvalue weighted by molar-refractivity contribution is 0.0792. The number of benzene rings is 2. The summed E-state index contributed by atoms with van der Waals surface area (Å²) in [5.74, 6) is 0.675. The molecule has 0 spiro atoms. The molecule has 2 aromatic carbocycles. The van der Waals surface area contributed by atoms with E-state index in [1.807, 2.05) is 7.05 Å². The minimum atomic E-state index is -4.03. The minimum Gasteiger partial charge on any atom is -0.359 e. The van der Waals surface area contributed by atoms with E-state index >= 15 is 0 Å². The van der Waals surface area contributed by atoms with Crippen LogP contribution >= 0.6 is 10.7 Å². The van der Waals surface area contributed by atoms with E-state index in [-0.39, 0.29) is 17.9 Å². The molecule has 2 aliphatic heterocycles. The number of halogens is 1. The van der Waals surface area contributed by atoms with Gasteiger partial charge in [-0.3, -0.25) is 0 Å². The van der Waals surface area contributed by atoms with Crippen LogP contribution in [0.5, 0.6) is 0 Å².